The van der Waals surface area contributed by atoms with E-state index in [1.807, 2.05) is 19.1 Å². The van der Waals surface area contributed by atoms with Gasteiger partial charge in [-0.15, -0.1) is 0 Å². The topological polar surface area (TPSA) is 64.3 Å². The van der Waals surface area contributed by atoms with E-state index in [2.05, 4.69) is 35.1 Å². The lowest BCUT2D eigenvalue weighted by molar-refractivity contribution is -0.123. The molecule has 0 saturated carbocycles. The smallest absolute Gasteiger partial charge is 0.257 e. The second-order valence-corrected chi connectivity index (χ2v) is 6.15. The average Bonchev–Trinajstić information content (AvgIpc) is 2.36. The van der Waals surface area contributed by atoms with Crippen LogP contribution in [0.5, 0.6) is 5.75 Å². The molecular formula is C15H23BrN2O2. The Morgan fingerprint density at radius 2 is 2.15 bits per heavy atom. The highest BCUT2D eigenvalue weighted by Gasteiger charge is 2.10. The fourth-order valence-corrected chi connectivity index (χ4v) is 2.47. The first-order valence-corrected chi connectivity index (χ1v) is 7.62. The molecule has 0 fully saturated rings. The second kappa shape index (κ2) is 8.27. The fraction of sp³-hybridized carbons (Fsp3) is 0.533. The van der Waals surface area contributed by atoms with Gasteiger partial charge >= 0.3 is 0 Å². The van der Waals surface area contributed by atoms with E-state index in [-0.39, 0.29) is 12.5 Å². The number of halogens is 1. The van der Waals surface area contributed by atoms with Gasteiger partial charge in [-0.1, -0.05) is 29.8 Å². The first kappa shape index (κ1) is 17.0. The largest absolute Gasteiger partial charge is 0.483 e. The van der Waals surface area contributed by atoms with Gasteiger partial charge in [0.25, 0.3) is 5.91 Å². The van der Waals surface area contributed by atoms with E-state index in [1.165, 1.54) is 0 Å². The quantitative estimate of drug-likeness (QED) is 0.800. The third-order valence-electron chi connectivity index (χ3n) is 2.93. The van der Waals surface area contributed by atoms with E-state index in [9.17, 15) is 4.79 Å². The Kier molecular flexibility index (Phi) is 7.02. The molecule has 0 aliphatic carbocycles. The van der Waals surface area contributed by atoms with E-state index >= 15 is 0 Å². The predicted molar refractivity (Wildman–Crippen MR) is 84.7 cm³/mol. The summed E-state index contributed by atoms with van der Waals surface area (Å²) < 4.78 is 6.58. The maximum Gasteiger partial charge on any atom is 0.257 e. The number of hydrogen-bond donors (Lipinski definition) is 2. The van der Waals surface area contributed by atoms with Gasteiger partial charge in [0.1, 0.15) is 5.75 Å². The van der Waals surface area contributed by atoms with Crippen LogP contribution < -0.4 is 15.8 Å². The van der Waals surface area contributed by atoms with Crippen molar-refractivity contribution in [1.82, 2.24) is 5.32 Å². The zero-order valence-corrected chi connectivity index (χ0v) is 13.9. The Labute approximate surface area is 129 Å². The molecule has 0 spiro atoms. The molecule has 4 nitrogen and oxygen atoms in total. The van der Waals surface area contributed by atoms with Crippen molar-refractivity contribution in [2.45, 2.75) is 33.7 Å². The van der Waals surface area contributed by atoms with E-state index < -0.39 is 0 Å². The van der Waals surface area contributed by atoms with Crippen LogP contribution >= 0.6 is 15.9 Å². The minimum atomic E-state index is -0.101. The molecule has 0 unspecified atom stereocenters. The molecule has 1 amide bonds. The number of rotatable bonds is 7. The highest BCUT2D eigenvalue weighted by molar-refractivity contribution is 9.10. The van der Waals surface area contributed by atoms with Crippen molar-refractivity contribution < 1.29 is 9.53 Å². The summed E-state index contributed by atoms with van der Waals surface area (Å²) in [6.07, 6.45) is 0.969. The molecule has 0 aliphatic heterocycles. The van der Waals surface area contributed by atoms with Crippen molar-refractivity contribution in [1.29, 1.82) is 0 Å². The van der Waals surface area contributed by atoms with Gasteiger partial charge in [-0.05, 0) is 37.0 Å². The van der Waals surface area contributed by atoms with Crippen LogP contribution in [0.15, 0.2) is 16.6 Å². The Morgan fingerprint density at radius 3 is 2.75 bits per heavy atom. The molecule has 0 saturated heterocycles. The van der Waals surface area contributed by atoms with Crippen molar-refractivity contribution in [2.24, 2.45) is 11.7 Å². The lowest BCUT2D eigenvalue weighted by Gasteiger charge is -2.14. The SMILES string of the molecule is Cc1cc(Br)cc(CN)c1OCC(=O)NCCC(C)C. The van der Waals surface area contributed by atoms with Crippen molar-refractivity contribution in [3.63, 3.8) is 0 Å². The molecule has 0 radical (unpaired) electrons. The number of ether oxygens (including phenoxy) is 1. The molecule has 5 heteroatoms. The van der Waals surface area contributed by atoms with Crippen molar-refractivity contribution in [3.05, 3.63) is 27.7 Å². The molecular weight excluding hydrogens is 320 g/mol. The zero-order chi connectivity index (χ0) is 15.1. The van der Waals surface area contributed by atoms with E-state index in [4.69, 9.17) is 10.5 Å². The van der Waals surface area contributed by atoms with Crippen LogP contribution in [-0.4, -0.2) is 19.1 Å². The number of aryl methyl sites for hydroxylation is 1. The monoisotopic (exact) mass is 342 g/mol. The number of nitrogens with two attached hydrogens (primary N) is 1. The third-order valence-corrected chi connectivity index (χ3v) is 3.39. The fourth-order valence-electron chi connectivity index (χ4n) is 1.85. The summed E-state index contributed by atoms with van der Waals surface area (Å²) in [5, 5.41) is 2.85. The molecule has 0 bridgehead atoms. The van der Waals surface area contributed by atoms with Gasteiger partial charge in [0.2, 0.25) is 0 Å². The normalized spacial score (nSPS) is 10.7. The molecule has 0 atom stereocenters. The predicted octanol–water partition coefficient (Wildman–Crippen LogP) is 2.76. The molecule has 1 rings (SSSR count). The molecule has 1 aromatic carbocycles. The highest BCUT2D eigenvalue weighted by Crippen LogP contribution is 2.27. The lowest BCUT2D eigenvalue weighted by atomic mass is 10.1. The second-order valence-electron chi connectivity index (χ2n) is 5.24. The molecule has 0 heterocycles. The number of carbonyl (C=O) groups excluding carboxylic acids is 1. The Bertz CT molecular complexity index is 461. The third kappa shape index (κ3) is 5.51. The van der Waals surface area contributed by atoms with Crippen molar-refractivity contribution >= 4 is 21.8 Å². The molecule has 20 heavy (non-hydrogen) atoms. The van der Waals surface area contributed by atoms with Gasteiger partial charge in [-0.25, -0.2) is 0 Å². The Morgan fingerprint density at radius 1 is 1.45 bits per heavy atom. The minimum absolute atomic E-state index is 0.0214. The van der Waals surface area contributed by atoms with E-state index in [1.54, 1.807) is 0 Å². The average molecular weight is 343 g/mol. The van der Waals surface area contributed by atoms with E-state index in [0.717, 1.165) is 22.0 Å². The first-order valence-electron chi connectivity index (χ1n) is 6.82. The number of benzene rings is 1. The first-order chi connectivity index (χ1) is 9.43. The summed E-state index contributed by atoms with van der Waals surface area (Å²) in [4.78, 5) is 11.7. The van der Waals surface area contributed by atoms with Gasteiger partial charge in [-0.2, -0.15) is 0 Å². The Balaban J connectivity index is 2.55. The van der Waals surface area contributed by atoms with Gasteiger partial charge in [0.15, 0.2) is 6.61 Å². The van der Waals surface area contributed by atoms with Crippen LogP contribution in [0.4, 0.5) is 0 Å². The highest BCUT2D eigenvalue weighted by atomic mass is 79.9. The summed E-state index contributed by atoms with van der Waals surface area (Å²) in [6, 6.07) is 3.87. The van der Waals surface area contributed by atoms with Crippen LogP contribution in [0.1, 0.15) is 31.4 Å². The lowest BCUT2D eigenvalue weighted by Crippen LogP contribution is -2.30. The standard InChI is InChI=1S/C15H23BrN2O2/c1-10(2)4-5-18-14(19)9-20-15-11(3)6-13(16)7-12(15)8-17/h6-7,10H,4-5,8-9,17H2,1-3H3,(H,18,19). The van der Waals surface area contributed by atoms with E-state index in [0.29, 0.717) is 24.8 Å². The van der Waals surface area contributed by atoms with Crippen LogP contribution in [0.3, 0.4) is 0 Å². The maximum atomic E-state index is 11.7. The van der Waals surface area contributed by atoms with Gasteiger partial charge in [-0.3, -0.25) is 4.79 Å². The number of amides is 1. The summed E-state index contributed by atoms with van der Waals surface area (Å²) in [5.74, 6) is 1.18. The van der Waals surface area contributed by atoms with Crippen molar-refractivity contribution in [3.8, 4) is 5.75 Å². The Hall–Kier alpha value is -1.07. The van der Waals surface area contributed by atoms with Crippen LogP contribution in [-0.2, 0) is 11.3 Å². The number of nitrogens with one attached hydrogen (secondary N) is 1. The maximum absolute atomic E-state index is 11.7. The van der Waals surface area contributed by atoms with Gasteiger partial charge in [0.05, 0.1) is 0 Å². The number of hydrogen-bond acceptors (Lipinski definition) is 3. The zero-order valence-electron chi connectivity index (χ0n) is 12.3. The van der Waals surface area contributed by atoms with Gasteiger partial charge < -0.3 is 15.8 Å². The minimum Gasteiger partial charge on any atom is -0.483 e. The summed E-state index contributed by atoms with van der Waals surface area (Å²) in [5.41, 5.74) is 7.57. The van der Waals surface area contributed by atoms with Crippen LogP contribution in [0, 0.1) is 12.8 Å². The number of carbonyl (C=O) groups is 1. The van der Waals surface area contributed by atoms with Gasteiger partial charge in [0, 0.05) is 23.1 Å². The molecule has 3 N–H and O–H groups in total. The molecule has 0 aliphatic rings. The molecule has 112 valence electrons. The van der Waals surface area contributed by atoms with Crippen molar-refractivity contribution in [2.75, 3.05) is 13.2 Å². The van der Waals surface area contributed by atoms with Crippen LogP contribution in [0.25, 0.3) is 0 Å². The molecule has 0 aromatic heterocycles. The van der Waals surface area contributed by atoms with Crippen LogP contribution in [0.2, 0.25) is 0 Å². The summed E-state index contributed by atoms with van der Waals surface area (Å²) >= 11 is 3.43. The molecule has 1 aromatic rings. The summed E-state index contributed by atoms with van der Waals surface area (Å²) in [6.45, 7) is 7.28. The summed E-state index contributed by atoms with van der Waals surface area (Å²) in [7, 11) is 0.